The van der Waals surface area contributed by atoms with Crippen molar-refractivity contribution in [3.05, 3.63) is 21.2 Å². The molecule has 0 fully saturated rings. The molecule has 1 heterocycles. The Morgan fingerprint density at radius 3 is 2.71 bits per heavy atom. The fourth-order valence-corrected chi connectivity index (χ4v) is 2.69. The van der Waals surface area contributed by atoms with Crippen LogP contribution in [0.15, 0.2) is 4.47 Å². The third-order valence-electron chi connectivity index (χ3n) is 3.19. The van der Waals surface area contributed by atoms with Gasteiger partial charge in [-0.15, -0.1) is 0 Å². The van der Waals surface area contributed by atoms with Crippen molar-refractivity contribution in [2.45, 2.75) is 46.6 Å². The molecule has 1 aromatic rings. The summed E-state index contributed by atoms with van der Waals surface area (Å²) in [5, 5.41) is 0. The van der Waals surface area contributed by atoms with Crippen molar-refractivity contribution < 1.29 is 9.47 Å². The zero-order valence-electron chi connectivity index (χ0n) is 10.9. The average Bonchev–Trinajstić information content (AvgIpc) is 2.68. The second-order valence-corrected chi connectivity index (χ2v) is 5.47. The predicted molar refractivity (Wildman–Crippen MR) is 73.2 cm³/mol. The normalized spacial score (nSPS) is 17.8. The Labute approximate surface area is 111 Å². The number of benzene rings is 1. The minimum absolute atomic E-state index is 0.251. The minimum atomic E-state index is 0.251. The molecular formula is C14H19BrO2. The minimum Gasteiger partial charge on any atom is -0.489 e. The van der Waals surface area contributed by atoms with Crippen LogP contribution in [0.25, 0.3) is 0 Å². The van der Waals surface area contributed by atoms with E-state index in [1.54, 1.807) is 0 Å². The number of hydrogen-bond acceptors (Lipinski definition) is 2. The van der Waals surface area contributed by atoms with Crippen LogP contribution in [0.3, 0.4) is 0 Å². The standard InChI is InChI=1S/C14H19BrO2/c1-5-6-16-13-10(4)12(15)9(3)11-7-8(2)17-14(11)13/h8H,5-7H2,1-4H3. The van der Waals surface area contributed by atoms with Crippen LogP contribution in [-0.2, 0) is 6.42 Å². The first kappa shape index (κ1) is 12.7. The quantitative estimate of drug-likeness (QED) is 0.833. The Hall–Kier alpha value is -0.700. The molecule has 1 aromatic carbocycles. The van der Waals surface area contributed by atoms with Crippen molar-refractivity contribution >= 4 is 15.9 Å². The zero-order valence-corrected chi connectivity index (χ0v) is 12.5. The summed E-state index contributed by atoms with van der Waals surface area (Å²) < 4.78 is 12.9. The largest absolute Gasteiger partial charge is 0.489 e. The molecule has 0 N–H and O–H groups in total. The molecule has 0 saturated carbocycles. The maximum atomic E-state index is 5.91. The van der Waals surface area contributed by atoms with Gasteiger partial charge in [-0.2, -0.15) is 0 Å². The molecule has 94 valence electrons. The maximum Gasteiger partial charge on any atom is 0.165 e. The Morgan fingerprint density at radius 1 is 1.35 bits per heavy atom. The highest BCUT2D eigenvalue weighted by atomic mass is 79.9. The van der Waals surface area contributed by atoms with Crippen LogP contribution in [0.4, 0.5) is 0 Å². The van der Waals surface area contributed by atoms with E-state index in [-0.39, 0.29) is 6.10 Å². The van der Waals surface area contributed by atoms with Crippen LogP contribution in [0.2, 0.25) is 0 Å². The Bertz CT molecular complexity index is 441. The van der Waals surface area contributed by atoms with Gasteiger partial charge in [0.15, 0.2) is 11.5 Å². The van der Waals surface area contributed by atoms with Gasteiger partial charge in [0.25, 0.3) is 0 Å². The monoisotopic (exact) mass is 298 g/mol. The molecule has 0 aliphatic carbocycles. The average molecular weight is 299 g/mol. The van der Waals surface area contributed by atoms with Crippen molar-refractivity contribution in [3.63, 3.8) is 0 Å². The molecule has 0 aromatic heterocycles. The van der Waals surface area contributed by atoms with E-state index in [1.165, 1.54) is 11.1 Å². The lowest BCUT2D eigenvalue weighted by atomic mass is 10.0. The molecule has 0 saturated heterocycles. The van der Waals surface area contributed by atoms with Gasteiger partial charge in [0.2, 0.25) is 0 Å². The van der Waals surface area contributed by atoms with E-state index in [9.17, 15) is 0 Å². The Balaban J connectivity index is 2.51. The van der Waals surface area contributed by atoms with Gasteiger partial charge < -0.3 is 9.47 Å². The van der Waals surface area contributed by atoms with Gasteiger partial charge in [0, 0.05) is 22.0 Å². The van der Waals surface area contributed by atoms with E-state index in [1.807, 2.05) is 0 Å². The molecule has 0 amide bonds. The number of rotatable bonds is 3. The molecule has 2 rings (SSSR count). The fraction of sp³-hybridized carbons (Fsp3) is 0.571. The first-order valence-corrected chi connectivity index (χ1v) is 6.96. The van der Waals surface area contributed by atoms with Crippen molar-refractivity contribution in [2.75, 3.05) is 6.61 Å². The summed E-state index contributed by atoms with van der Waals surface area (Å²) in [6.45, 7) is 9.17. The third-order valence-corrected chi connectivity index (χ3v) is 4.38. The van der Waals surface area contributed by atoms with Gasteiger partial charge in [-0.05, 0) is 32.8 Å². The van der Waals surface area contributed by atoms with Crippen molar-refractivity contribution in [3.8, 4) is 11.5 Å². The van der Waals surface area contributed by atoms with Crippen molar-refractivity contribution in [1.82, 2.24) is 0 Å². The molecule has 3 heteroatoms. The number of halogens is 1. The second-order valence-electron chi connectivity index (χ2n) is 4.68. The third kappa shape index (κ3) is 2.17. The summed E-state index contributed by atoms with van der Waals surface area (Å²) >= 11 is 3.66. The highest BCUT2D eigenvalue weighted by Crippen LogP contribution is 2.46. The lowest BCUT2D eigenvalue weighted by Gasteiger charge is -2.16. The highest BCUT2D eigenvalue weighted by Gasteiger charge is 2.28. The predicted octanol–water partition coefficient (Wildman–Crippen LogP) is 4.18. The lowest BCUT2D eigenvalue weighted by Crippen LogP contribution is -2.06. The SMILES string of the molecule is CCCOc1c(C)c(Br)c(C)c2c1OC(C)C2. The van der Waals surface area contributed by atoms with Crippen LogP contribution in [0.5, 0.6) is 11.5 Å². The summed E-state index contributed by atoms with van der Waals surface area (Å²) in [6.07, 6.45) is 2.24. The molecule has 1 aliphatic rings. The van der Waals surface area contributed by atoms with Crippen LogP contribution in [0.1, 0.15) is 37.0 Å². The summed E-state index contributed by atoms with van der Waals surface area (Å²) in [7, 11) is 0. The molecule has 17 heavy (non-hydrogen) atoms. The molecule has 0 spiro atoms. The fourth-order valence-electron chi connectivity index (χ4n) is 2.27. The van der Waals surface area contributed by atoms with Crippen LogP contribution in [-0.4, -0.2) is 12.7 Å². The molecule has 1 aliphatic heterocycles. The molecular weight excluding hydrogens is 280 g/mol. The second kappa shape index (κ2) is 4.89. The summed E-state index contributed by atoms with van der Waals surface area (Å²) in [5.74, 6) is 1.88. The number of fused-ring (bicyclic) bond motifs is 1. The number of hydrogen-bond donors (Lipinski definition) is 0. The molecule has 2 nitrogen and oxygen atoms in total. The Morgan fingerprint density at radius 2 is 2.06 bits per heavy atom. The maximum absolute atomic E-state index is 5.91. The van der Waals surface area contributed by atoms with Gasteiger partial charge in [-0.3, -0.25) is 0 Å². The van der Waals surface area contributed by atoms with E-state index in [2.05, 4.69) is 43.6 Å². The van der Waals surface area contributed by atoms with E-state index < -0.39 is 0 Å². The summed E-state index contributed by atoms with van der Waals surface area (Å²) in [6, 6.07) is 0. The van der Waals surface area contributed by atoms with E-state index in [4.69, 9.17) is 9.47 Å². The van der Waals surface area contributed by atoms with Crippen LogP contribution in [0, 0.1) is 13.8 Å². The summed E-state index contributed by atoms with van der Waals surface area (Å²) in [5.41, 5.74) is 3.72. The van der Waals surface area contributed by atoms with E-state index in [0.29, 0.717) is 0 Å². The van der Waals surface area contributed by atoms with Gasteiger partial charge in [0.05, 0.1) is 6.61 Å². The van der Waals surface area contributed by atoms with Crippen LogP contribution < -0.4 is 9.47 Å². The van der Waals surface area contributed by atoms with Gasteiger partial charge in [0.1, 0.15) is 6.10 Å². The van der Waals surface area contributed by atoms with Gasteiger partial charge in [-0.1, -0.05) is 22.9 Å². The molecule has 0 bridgehead atoms. The highest BCUT2D eigenvalue weighted by molar-refractivity contribution is 9.10. The van der Waals surface area contributed by atoms with Gasteiger partial charge in [-0.25, -0.2) is 0 Å². The van der Waals surface area contributed by atoms with E-state index in [0.717, 1.165) is 41.0 Å². The first-order valence-electron chi connectivity index (χ1n) is 6.17. The van der Waals surface area contributed by atoms with E-state index >= 15 is 0 Å². The van der Waals surface area contributed by atoms with Crippen LogP contribution >= 0.6 is 15.9 Å². The van der Waals surface area contributed by atoms with Gasteiger partial charge >= 0.3 is 0 Å². The molecule has 1 unspecified atom stereocenters. The topological polar surface area (TPSA) is 18.5 Å². The Kier molecular flexibility index (Phi) is 3.67. The van der Waals surface area contributed by atoms with Crippen molar-refractivity contribution in [2.24, 2.45) is 0 Å². The smallest absolute Gasteiger partial charge is 0.165 e. The van der Waals surface area contributed by atoms with Crippen molar-refractivity contribution in [1.29, 1.82) is 0 Å². The lowest BCUT2D eigenvalue weighted by molar-refractivity contribution is 0.233. The number of ether oxygens (including phenoxy) is 2. The molecule has 0 radical (unpaired) electrons. The first-order chi connectivity index (χ1) is 8.06. The zero-order chi connectivity index (χ0) is 12.6. The summed E-state index contributed by atoms with van der Waals surface area (Å²) in [4.78, 5) is 0. The molecule has 1 atom stereocenters.